The maximum Gasteiger partial charge on any atom is 0.0817 e. The number of benzene rings is 1. The average Bonchev–Trinajstić information content (AvgIpc) is 2.76. The van der Waals surface area contributed by atoms with Gasteiger partial charge in [0.25, 0.3) is 0 Å². The molecule has 0 spiro atoms. The second-order valence-corrected chi connectivity index (χ2v) is 4.46. The van der Waals surface area contributed by atoms with Crippen molar-refractivity contribution in [3.8, 4) is 0 Å². The molecule has 1 aromatic heterocycles. The van der Waals surface area contributed by atoms with Gasteiger partial charge in [0, 0.05) is 16.8 Å². The average molecular weight is 251 g/mol. The van der Waals surface area contributed by atoms with Crippen LogP contribution in [0.1, 0.15) is 30.6 Å². The van der Waals surface area contributed by atoms with Gasteiger partial charge in [-0.1, -0.05) is 30.7 Å². The van der Waals surface area contributed by atoms with E-state index in [2.05, 4.69) is 5.10 Å². The Morgan fingerprint density at radius 2 is 2.29 bits per heavy atom. The summed E-state index contributed by atoms with van der Waals surface area (Å²) in [6.45, 7) is 2.61. The Bertz CT molecular complexity index is 496. The molecule has 3 nitrogen and oxygen atoms in total. The van der Waals surface area contributed by atoms with E-state index in [1.807, 2.05) is 37.4 Å². The Labute approximate surface area is 106 Å². The number of hydrogen-bond donors (Lipinski definition) is 1. The zero-order valence-electron chi connectivity index (χ0n) is 9.68. The van der Waals surface area contributed by atoms with Crippen molar-refractivity contribution in [3.63, 3.8) is 0 Å². The third-order valence-electron chi connectivity index (χ3n) is 2.66. The van der Waals surface area contributed by atoms with E-state index in [0.29, 0.717) is 13.0 Å². The zero-order chi connectivity index (χ0) is 12.3. The summed E-state index contributed by atoms with van der Waals surface area (Å²) in [5, 5.41) is 14.6. The van der Waals surface area contributed by atoms with Crippen LogP contribution >= 0.6 is 11.6 Å². The molecule has 1 atom stereocenters. The molecule has 17 heavy (non-hydrogen) atoms. The van der Waals surface area contributed by atoms with E-state index < -0.39 is 6.10 Å². The number of aliphatic hydroxyl groups is 1. The molecule has 0 aliphatic carbocycles. The van der Waals surface area contributed by atoms with Crippen LogP contribution in [0.15, 0.2) is 36.7 Å². The van der Waals surface area contributed by atoms with Crippen LogP contribution in [0.4, 0.5) is 0 Å². The van der Waals surface area contributed by atoms with Crippen molar-refractivity contribution in [1.82, 2.24) is 9.78 Å². The molecule has 0 fully saturated rings. The Kier molecular flexibility index (Phi) is 3.82. The monoisotopic (exact) mass is 250 g/mol. The summed E-state index contributed by atoms with van der Waals surface area (Å²) < 4.78 is 1.81. The first kappa shape index (κ1) is 12.1. The molecule has 0 saturated heterocycles. The van der Waals surface area contributed by atoms with E-state index in [4.69, 9.17) is 11.6 Å². The maximum atomic E-state index is 9.68. The molecule has 1 unspecified atom stereocenters. The number of rotatable bonds is 4. The molecule has 90 valence electrons. The van der Waals surface area contributed by atoms with Crippen LogP contribution in [0.5, 0.6) is 0 Å². The quantitative estimate of drug-likeness (QED) is 0.906. The lowest BCUT2D eigenvalue weighted by Crippen LogP contribution is -2.00. The van der Waals surface area contributed by atoms with Gasteiger partial charge in [0.15, 0.2) is 0 Å². The van der Waals surface area contributed by atoms with E-state index in [0.717, 1.165) is 16.1 Å². The standard InChI is InChI=1S/C13H15ClN2O/c1-2-13(17)11-7-15-16(9-11)8-10-4-3-5-12(14)6-10/h3-7,9,13,17H,2,8H2,1H3. The van der Waals surface area contributed by atoms with Crippen LogP contribution < -0.4 is 0 Å². The third kappa shape index (κ3) is 3.08. The van der Waals surface area contributed by atoms with E-state index in [1.165, 1.54) is 0 Å². The second kappa shape index (κ2) is 5.34. The fourth-order valence-corrected chi connectivity index (χ4v) is 1.91. The molecule has 1 N–H and O–H groups in total. The summed E-state index contributed by atoms with van der Waals surface area (Å²) in [4.78, 5) is 0. The molecule has 2 aromatic rings. The van der Waals surface area contributed by atoms with Gasteiger partial charge in [0.05, 0.1) is 18.8 Å². The predicted octanol–water partition coefficient (Wildman–Crippen LogP) is 3.03. The minimum atomic E-state index is -0.428. The van der Waals surface area contributed by atoms with Gasteiger partial charge >= 0.3 is 0 Å². The number of aromatic nitrogens is 2. The lowest BCUT2D eigenvalue weighted by atomic mass is 10.1. The van der Waals surface area contributed by atoms with Crippen molar-refractivity contribution in [2.45, 2.75) is 26.0 Å². The lowest BCUT2D eigenvalue weighted by molar-refractivity contribution is 0.173. The first-order chi connectivity index (χ1) is 8.19. The Morgan fingerprint density at radius 1 is 1.47 bits per heavy atom. The molecule has 1 aromatic carbocycles. The van der Waals surface area contributed by atoms with Gasteiger partial charge in [0.2, 0.25) is 0 Å². The summed E-state index contributed by atoms with van der Waals surface area (Å²) in [6.07, 6.45) is 3.85. The van der Waals surface area contributed by atoms with Crippen molar-refractivity contribution >= 4 is 11.6 Å². The summed E-state index contributed by atoms with van der Waals surface area (Å²) in [7, 11) is 0. The molecular formula is C13H15ClN2O. The zero-order valence-corrected chi connectivity index (χ0v) is 10.4. The Balaban J connectivity index is 2.11. The van der Waals surface area contributed by atoms with Gasteiger partial charge in [-0.15, -0.1) is 0 Å². The van der Waals surface area contributed by atoms with Crippen LogP contribution in [0.2, 0.25) is 5.02 Å². The third-order valence-corrected chi connectivity index (χ3v) is 2.89. The fraction of sp³-hybridized carbons (Fsp3) is 0.308. The van der Waals surface area contributed by atoms with Gasteiger partial charge in [-0.25, -0.2) is 0 Å². The highest BCUT2D eigenvalue weighted by Crippen LogP contribution is 2.16. The highest BCUT2D eigenvalue weighted by Gasteiger charge is 2.07. The summed E-state index contributed by atoms with van der Waals surface area (Å²) in [5.41, 5.74) is 1.95. The fourth-order valence-electron chi connectivity index (χ4n) is 1.70. The molecule has 1 heterocycles. The van der Waals surface area contributed by atoms with E-state index in [-0.39, 0.29) is 0 Å². The van der Waals surface area contributed by atoms with Crippen molar-refractivity contribution in [2.75, 3.05) is 0 Å². The molecular weight excluding hydrogens is 236 g/mol. The van der Waals surface area contributed by atoms with Crippen LogP contribution in [-0.4, -0.2) is 14.9 Å². The largest absolute Gasteiger partial charge is 0.388 e. The topological polar surface area (TPSA) is 38.1 Å². The normalized spacial score (nSPS) is 12.6. The number of aliphatic hydroxyl groups excluding tert-OH is 1. The van der Waals surface area contributed by atoms with Gasteiger partial charge < -0.3 is 5.11 Å². The van der Waals surface area contributed by atoms with Gasteiger partial charge in [-0.2, -0.15) is 5.10 Å². The highest BCUT2D eigenvalue weighted by atomic mass is 35.5. The molecule has 0 saturated carbocycles. The van der Waals surface area contributed by atoms with Gasteiger partial charge in [0.1, 0.15) is 0 Å². The van der Waals surface area contributed by atoms with Crippen molar-refractivity contribution in [1.29, 1.82) is 0 Å². The molecule has 0 aliphatic rings. The first-order valence-corrected chi connectivity index (χ1v) is 6.01. The second-order valence-electron chi connectivity index (χ2n) is 4.03. The minimum Gasteiger partial charge on any atom is -0.388 e. The molecule has 0 amide bonds. The summed E-state index contributed by atoms with van der Waals surface area (Å²) >= 11 is 5.92. The SMILES string of the molecule is CCC(O)c1cnn(Cc2cccc(Cl)c2)c1. The Hall–Kier alpha value is -1.32. The molecule has 0 radical (unpaired) electrons. The van der Waals surface area contributed by atoms with E-state index in [1.54, 1.807) is 10.9 Å². The van der Waals surface area contributed by atoms with E-state index in [9.17, 15) is 5.11 Å². The highest BCUT2D eigenvalue weighted by molar-refractivity contribution is 6.30. The molecule has 0 aliphatic heterocycles. The van der Waals surface area contributed by atoms with Gasteiger partial charge in [-0.3, -0.25) is 4.68 Å². The minimum absolute atomic E-state index is 0.428. The number of halogens is 1. The maximum absolute atomic E-state index is 9.68. The summed E-state index contributed by atoms with van der Waals surface area (Å²) in [6, 6.07) is 7.69. The lowest BCUT2D eigenvalue weighted by Gasteiger charge is -2.04. The molecule has 0 bridgehead atoms. The van der Waals surface area contributed by atoms with Crippen molar-refractivity contribution < 1.29 is 5.11 Å². The Morgan fingerprint density at radius 3 is 3.00 bits per heavy atom. The van der Waals surface area contributed by atoms with Crippen molar-refractivity contribution in [2.24, 2.45) is 0 Å². The van der Waals surface area contributed by atoms with Gasteiger partial charge in [-0.05, 0) is 24.1 Å². The van der Waals surface area contributed by atoms with Crippen LogP contribution in [0, 0.1) is 0 Å². The van der Waals surface area contributed by atoms with E-state index >= 15 is 0 Å². The first-order valence-electron chi connectivity index (χ1n) is 5.64. The van der Waals surface area contributed by atoms with Crippen LogP contribution in [0.25, 0.3) is 0 Å². The predicted molar refractivity (Wildman–Crippen MR) is 68.0 cm³/mol. The van der Waals surface area contributed by atoms with Crippen LogP contribution in [0.3, 0.4) is 0 Å². The smallest absolute Gasteiger partial charge is 0.0817 e. The number of nitrogens with zero attached hydrogens (tertiary/aromatic N) is 2. The van der Waals surface area contributed by atoms with Crippen molar-refractivity contribution in [3.05, 3.63) is 52.8 Å². The molecule has 2 rings (SSSR count). The van der Waals surface area contributed by atoms with Crippen LogP contribution in [-0.2, 0) is 6.54 Å². The molecule has 4 heteroatoms. The summed E-state index contributed by atoms with van der Waals surface area (Å²) in [5.74, 6) is 0. The number of hydrogen-bond acceptors (Lipinski definition) is 2.